The molecular weight excluding hydrogens is 232 g/mol. The lowest BCUT2D eigenvalue weighted by Gasteiger charge is -2.29. The van der Waals surface area contributed by atoms with Gasteiger partial charge in [-0.3, -0.25) is 0 Å². The molecule has 4 nitrogen and oxygen atoms in total. The van der Waals surface area contributed by atoms with Crippen LogP contribution < -0.4 is 10.6 Å². The minimum absolute atomic E-state index is 0.508. The summed E-state index contributed by atoms with van der Waals surface area (Å²) in [6.45, 7) is 7.13. The number of hydrogen-bond acceptors (Lipinski definition) is 4. The van der Waals surface area contributed by atoms with E-state index in [1.807, 2.05) is 23.4 Å². The van der Waals surface area contributed by atoms with Crippen molar-refractivity contribution in [1.82, 2.24) is 9.78 Å². The van der Waals surface area contributed by atoms with Crippen LogP contribution in [-0.2, 0) is 6.54 Å². The highest BCUT2D eigenvalue weighted by atomic mass is 32.2. The van der Waals surface area contributed by atoms with Gasteiger partial charge in [-0.05, 0) is 26.5 Å². The third-order valence-corrected chi connectivity index (χ3v) is 3.88. The lowest BCUT2D eigenvalue weighted by molar-refractivity contribution is 0.602. The molecule has 0 aliphatic heterocycles. The van der Waals surface area contributed by atoms with Gasteiger partial charge in [0.2, 0.25) is 0 Å². The molecule has 0 amide bonds. The van der Waals surface area contributed by atoms with E-state index in [4.69, 9.17) is 5.73 Å². The number of aryl methyl sites for hydroxylation is 2. The first-order chi connectivity index (χ1) is 8.06. The minimum atomic E-state index is 0.508. The van der Waals surface area contributed by atoms with E-state index in [1.165, 1.54) is 0 Å². The van der Waals surface area contributed by atoms with Crippen molar-refractivity contribution in [1.29, 1.82) is 0 Å². The van der Waals surface area contributed by atoms with Crippen LogP contribution in [0.25, 0.3) is 0 Å². The van der Waals surface area contributed by atoms with E-state index in [9.17, 15) is 0 Å². The fourth-order valence-corrected chi connectivity index (χ4v) is 2.89. The Balaban J connectivity index is 3.04. The van der Waals surface area contributed by atoms with Crippen molar-refractivity contribution in [2.45, 2.75) is 39.8 Å². The lowest BCUT2D eigenvalue weighted by Crippen LogP contribution is -2.35. The van der Waals surface area contributed by atoms with Crippen molar-refractivity contribution < 1.29 is 0 Å². The molecule has 1 unspecified atom stereocenters. The highest BCUT2D eigenvalue weighted by Gasteiger charge is 2.20. The average molecular weight is 256 g/mol. The van der Waals surface area contributed by atoms with Crippen molar-refractivity contribution >= 4 is 23.3 Å². The molecule has 1 aromatic heterocycles. The van der Waals surface area contributed by atoms with Gasteiger partial charge >= 0.3 is 0 Å². The molecule has 1 atom stereocenters. The first-order valence-corrected chi connectivity index (χ1v) is 7.50. The van der Waals surface area contributed by atoms with Crippen molar-refractivity contribution in [2.75, 3.05) is 29.7 Å². The summed E-state index contributed by atoms with van der Waals surface area (Å²) in [5.41, 5.74) is 7.87. The Morgan fingerprint density at radius 3 is 2.59 bits per heavy atom. The molecule has 0 radical (unpaired) electrons. The van der Waals surface area contributed by atoms with E-state index in [0.29, 0.717) is 6.04 Å². The fraction of sp³-hybridized carbons (Fsp3) is 0.750. The van der Waals surface area contributed by atoms with Crippen molar-refractivity contribution in [3.63, 3.8) is 0 Å². The Kier molecular flexibility index (Phi) is 5.18. The largest absolute Gasteiger partial charge is 0.394 e. The molecule has 1 rings (SSSR count). The molecule has 5 heteroatoms. The molecule has 1 heterocycles. The topological polar surface area (TPSA) is 47.1 Å². The molecular formula is C12H24N4S. The van der Waals surface area contributed by atoms with Crippen molar-refractivity contribution in [3.8, 4) is 0 Å². The predicted molar refractivity (Wildman–Crippen MR) is 77.9 cm³/mol. The van der Waals surface area contributed by atoms with E-state index in [0.717, 1.165) is 35.9 Å². The van der Waals surface area contributed by atoms with Gasteiger partial charge in [0.15, 0.2) is 5.82 Å². The van der Waals surface area contributed by atoms with Crippen LogP contribution in [0, 0.1) is 6.92 Å². The zero-order valence-electron chi connectivity index (χ0n) is 11.5. The van der Waals surface area contributed by atoms with E-state index in [2.05, 4.69) is 37.1 Å². The molecule has 0 saturated heterocycles. The van der Waals surface area contributed by atoms with Gasteiger partial charge in [-0.2, -0.15) is 16.9 Å². The molecule has 0 aliphatic carbocycles. The Bertz CT molecular complexity index is 362. The van der Waals surface area contributed by atoms with Gasteiger partial charge in [0, 0.05) is 25.4 Å². The molecule has 2 N–H and O–H groups in total. The second-order valence-corrected chi connectivity index (χ2v) is 5.18. The summed E-state index contributed by atoms with van der Waals surface area (Å²) >= 11 is 1.87. The lowest BCUT2D eigenvalue weighted by atomic mass is 10.2. The van der Waals surface area contributed by atoms with Gasteiger partial charge in [-0.25, -0.2) is 4.68 Å². The number of rotatable bonds is 6. The summed E-state index contributed by atoms with van der Waals surface area (Å²) in [6.07, 6.45) is 3.26. The molecule has 1 aromatic rings. The monoisotopic (exact) mass is 256 g/mol. The van der Waals surface area contributed by atoms with Gasteiger partial charge in [-0.15, -0.1) is 0 Å². The van der Waals surface area contributed by atoms with Gasteiger partial charge < -0.3 is 10.6 Å². The second-order valence-electron chi connectivity index (χ2n) is 4.27. The number of nitrogens with two attached hydrogens (primary N) is 1. The summed E-state index contributed by atoms with van der Waals surface area (Å²) in [7, 11) is 2.11. The molecule has 17 heavy (non-hydrogen) atoms. The highest BCUT2D eigenvalue weighted by molar-refractivity contribution is 7.98. The maximum atomic E-state index is 6.14. The Labute approximate surface area is 109 Å². The third kappa shape index (κ3) is 2.89. The van der Waals surface area contributed by atoms with Crippen LogP contribution in [0.5, 0.6) is 0 Å². The first kappa shape index (κ1) is 14.2. The van der Waals surface area contributed by atoms with E-state index in [-0.39, 0.29) is 0 Å². The summed E-state index contributed by atoms with van der Waals surface area (Å²) < 4.78 is 1.99. The number of hydrogen-bond donors (Lipinski definition) is 1. The van der Waals surface area contributed by atoms with E-state index in [1.54, 1.807) is 0 Å². The maximum absolute atomic E-state index is 6.14. The summed E-state index contributed by atoms with van der Waals surface area (Å²) in [4.78, 5) is 2.27. The van der Waals surface area contributed by atoms with Crippen molar-refractivity contribution in [3.05, 3.63) is 5.69 Å². The van der Waals surface area contributed by atoms with E-state index >= 15 is 0 Å². The number of anilines is 2. The Morgan fingerprint density at radius 1 is 1.47 bits per heavy atom. The third-order valence-electron chi connectivity index (χ3n) is 3.16. The van der Waals surface area contributed by atoms with Gasteiger partial charge in [0.25, 0.3) is 0 Å². The minimum Gasteiger partial charge on any atom is -0.394 e. The fourth-order valence-electron chi connectivity index (χ4n) is 2.04. The van der Waals surface area contributed by atoms with E-state index < -0.39 is 0 Å². The maximum Gasteiger partial charge on any atom is 0.150 e. The summed E-state index contributed by atoms with van der Waals surface area (Å²) in [5, 5.41) is 4.47. The summed E-state index contributed by atoms with van der Waals surface area (Å²) in [5.74, 6) is 2.17. The van der Waals surface area contributed by atoms with Crippen LogP contribution in [0.4, 0.5) is 11.5 Å². The van der Waals surface area contributed by atoms with Crippen LogP contribution in [0.3, 0.4) is 0 Å². The molecule has 0 bridgehead atoms. The van der Waals surface area contributed by atoms with Gasteiger partial charge in [0.05, 0.1) is 11.4 Å². The molecule has 0 fully saturated rings. The SMILES string of the molecule is CCC(CSC)N(C)c1c(N)c(C)nn1CC. The molecule has 0 aromatic carbocycles. The van der Waals surface area contributed by atoms with Crippen LogP contribution in [0.2, 0.25) is 0 Å². The number of aromatic nitrogens is 2. The second kappa shape index (κ2) is 6.19. The smallest absolute Gasteiger partial charge is 0.150 e. The zero-order valence-corrected chi connectivity index (χ0v) is 12.3. The zero-order chi connectivity index (χ0) is 13.0. The first-order valence-electron chi connectivity index (χ1n) is 6.11. The van der Waals surface area contributed by atoms with Crippen LogP contribution in [0.1, 0.15) is 26.0 Å². The Morgan fingerprint density at radius 2 is 2.12 bits per heavy atom. The van der Waals surface area contributed by atoms with Crippen molar-refractivity contribution in [2.24, 2.45) is 0 Å². The average Bonchev–Trinajstić information content (AvgIpc) is 2.61. The molecule has 0 saturated carbocycles. The Hall–Kier alpha value is -0.840. The number of nitrogen functional groups attached to an aromatic ring is 1. The summed E-state index contributed by atoms with van der Waals surface area (Å²) in [6, 6.07) is 0.508. The highest BCUT2D eigenvalue weighted by Crippen LogP contribution is 2.28. The van der Waals surface area contributed by atoms with Crippen LogP contribution in [0.15, 0.2) is 0 Å². The predicted octanol–water partition coefficient (Wildman–Crippen LogP) is 2.37. The number of thioether (sulfide) groups is 1. The quantitative estimate of drug-likeness (QED) is 0.849. The van der Waals surface area contributed by atoms with Gasteiger partial charge in [0.1, 0.15) is 0 Å². The van der Waals surface area contributed by atoms with Crippen LogP contribution in [-0.4, -0.2) is 34.9 Å². The normalized spacial score (nSPS) is 12.8. The van der Waals surface area contributed by atoms with Gasteiger partial charge in [-0.1, -0.05) is 6.92 Å². The van der Waals surface area contributed by atoms with Crippen LogP contribution >= 0.6 is 11.8 Å². The number of nitrogens with zero attached hydrogens (tertiary/aromatic N) is 3. The molecule has 0 aliphatic rings. The molecule has 98 valence electrons. The standard InChI is InChI=1S/C12H24N4S/c1-6-10(8-17-5)15(4)12-11(13)9(3)14-16(12)7-2/h10H,6-8,13H2,1-5H3. The molecule has 0 spiro atoms.